The van der Waals surface area contributed by atoms with Crippen molar-refractivity contribution in [2.24, 2.45) is 5.73 Å². The lowest BCUT2D eigenvalue weighted by Crippen LogP contribution is -1.97. The molecule has 0 saturated heterocycles. The normalized spacial score (nSPS) is 10.6. The van der Waals surface area contributed by atoms with Gasteiger partial charge in [-0.25, -0.2) is 0 Å². The Kier molecular flexibility index (Phi) is 5.01. The number of rotatable bonds is 6. The van der Waals surface area contributed by atoms with Crippen LogP contribution in [-0.2, 0) is 13.1 Å². The average molecular weight is 198 g/mol. The quantitative estimate of drug-likeness (QED) is 0.710. The van der Waals surface area contributed by atoms with Gasteiger partial charge in [-0.05, 0) is 29.6 Å². The fraction of sp³-hybridized carbons (Fsp3) is 0.600. The van der Waals surface area contributed by atoms with Crippen molar-refractivity contribution in [3.8, 4) is 0 Å². The Labute approximate surface area is 84.5 Å². The van der Waals surface area contributed by atoms with Crippen molar-refractivity contribution in [2.75, 3.05) is 11.5 Å². The third-order valence-electron chi connectivity index (χ3n) is 1.96. The minimum absolute atomic E-state index is 0.650. The molecule has 0 amide bonds. The molecule has 74 valence electrons. The molecule has 0 aliphatic carbocycles. The second kappa shape index (κ2) is 6.11. The summed E-state index contributed by atoms with van der Waals surface area (Å²) in [5.74, 6) is 2.48. The maximum absolute atomic E-state index is 5.52. The summed E-state index contributed by atoms with van der Waals surface area (Å²) in [4.78, 5) is 0. The summed E-state index contributed by atoms with van der Waals surface area (Å²) in [5.41, 5.74) is 6.75. The van der Waals surface area contributed by atoms with E-state index in [1.807, 2.05) is 11.8 Å². The molecule has 2 nitrogen and oxygen atoms in total. The maximum atomic E-state index is 5.52. The Balaban J connectivity index is 2.20. The van der Waals surface area contributed by atoms with Gasteiger partial charge in [-0.3, -0.25) is 0 Å². The van der Waals surface area contributed by atoms with E-state index in [0.717, 1.165) is 6.54 Å². The van der Waals surface area contributed by atoms with E-state index in [0.29, 0.717) is 6.54 Å². The third kappa shape index (κ3) is 3.87. The number of hydrogen-bond acceptors (Lipinski definition) is 2. The highest BCUT2D eigenvalue weighted by Crippen LogP contribution is 2.05. The summed E-state index contributed by atoms with van der Waals surface area (Å²) in [7, 11) is 0. The summed E-state index contributed by atoms with van der Waals surface area (Å²) in [6, 6.07) is 2.09. The van der Waals surface area contributed by atoms with Crippen molar-refractivity contribution in [1.29, 1.82) is 0 Å². The SMILES string of the molecule is CCSCCCn1ccc(CN)c1. The van der Waals surface area contributed by atoms with Crippen molar-refractivity contribution in [3.05, 3.63) is 24.0 Å². The Bertz CT molecular complexity index is 233. The molecular formula is C10H18N2S. The van der Waals surface area contributed by atoms with E-state index < -0.39 is 0 Å². The summed E-state index contributed by atoms with van der Waals surface area (Å²) < 4.78 is 2.22. The van der Waals surface area contributed by atoms with Crippen molar-refractivity contribution < 1.29 is 0 Å². The van der Waals surface area contributed by atoms with Crippen molar-refractivity contribution in [3.63, 3.8) is 0 Å². The molecule has 0 unspecified atom stereocenters. The van der Waals surface area contributed by atoms with Crippen LogP contribution in [0.15, 0.2) is 18.5 Å². The van der Waals surface area contributed by atoms with Gasteiger partial charge in [0.25, 0.3) is 0 Å². The number of thioether (sulfide) groups is 1. The van der Waals surface area contributed by atoms with Crippen LogP contribution in [0.4, 0.5) is 0 Å². The zero-order valence-corrected chi connectivity index (χ0v) is 9.02. The lowest BCUT2D eigenvalue weighted by molar-refractivity contribution is 0.686. The van der Waals surface area contributed by atoms with E-state index in [-0.39, 0.29) is 0 Å². The van der Waals surface area contributed by atoms with Gasteiger partial charge >= 0.3 is 0 Å². The molecule has 0 aliphatic rings. The highest BCUT2D eigenvalue weighted by Gasteiger charge is 1.94. The molecule has 13 heavy (non-hydrogen) atoms. The highest BCUT2D eigenvalue weighted by molar-refractivity contribution is 7.99. The summed E-state index contributed by atoms with van der Waals surface area (Å²) in [6.07, 6.45) is 5.49. The molecule has 2 N–H and O–H groups in total. The number of aromatic nitrogens is 1. The predicted octanol–water partition coefficient (Wildman–Crippen LogP) is 2.09. The van der Waals surface area contributed by atoms with Gasteiger partial charge in [-0.15, -0.1) is 0 Å². The maximum Gasteiger partial charge on any atom is 0.0227 e. The molecule has 1 aromatic heterocycles. The smallest absolute Gasteiger partial charge is 0.0227 e. The third-order valence-corrected chi connectivity index (χ3v) is 2.94. The van der Waals surface area contributed by atoms with Crippen LogP contribution >= 0.6 is 11.8 Å². The average Bonchev–Trinajstić information content (AvgIpc) is 2.60. The van der Waals surface area contributed by atoms with Crippen LogP contribution in [0, 0.1) is 0 Å². The fourth-order valence-corrected chi connectivity index (χ4v) is 1.87. The molecule has 0 atom stereocenters. The largest absolute Gasteiger partial charge is 0.354 e. The molecule has 1 rings (SSSR count). The molecule has 0 fully saturated rings. The summed E-state index contributed by atoms with van der Waals surface area (Å²) >= 11 is 2.00. The Morgan fingerprint density at radius 2 is 2.38 bits per heavy atom. The monoisotopic (exact) mass is 198 g/mol. The number of nitrogens with zero attached hydrogens (tertiary/aromatic N) is 1. The van der Waals surface area contributed by atoms with Gasteiger partial charge in [-0.2, -0.15) is 11.8 Å². The molecule has 0 spiro atoms. The van der Waals surface area contributed by atoms with E-state index in [1.54, 1.807) is 0 Å². The Hall–Kier alpha value is -0.410. The van der Waals surface area contributed by atoms with Gasteiger partial charge in [0, 0.05) is 25.5 Å². The first-order valence-electron chi connectivity index (χ1n) is 4.79. The minimum atomic E-state index is 0.650. The van der Waals surface area contributed by atoms with E-state index in [2.05, 4.69) is 30.0 Å². The van der Waals surface area contributed by atoms with Crippen LogP contribution < -0.4 is 5.73 Å². The van der Waals surface area contributed by atoms with Gasteiger partial charge in [0.1, 0.15) is 0 Å². The lowest BCUT2D eigenvalue weighted by atomic mass is 10.3. The fourth-order valence-electron chi connectivity index (χ4n) is 1.24. The molecule has 0 radical (unpaired) electrons. The molecule has 0 bridgehead atoms. The minimum Gasteiger partial charge on any atom is -0.354 e. The standard InChI is InChI=1S/C10H18N2S/c1-2-13-7-3-5-12-6-4-10(8-11)9-12/h4,6,9H,2-3,5,7-8,11H2,1H3. The Morgan fingerprint density at radius 3 is 3.00 bits per heavy atom. The highest BCUT2D eigenvalue weighted by atomic mass is 32.2. The number of aryl methyl sites for hydroxylation is 1. The van der Waals surface area contributed by atoms with Crippen molar-refractivity contribution in [2.45, 2.75) is 26.4 Å². The Morgan fingerprint density at radius 1 is 1.54 bits per heavy atom. The van der Waals surface area contributed by atoms with Crippen molar-refractivity contribution >= 4 is 11.8 Å². The van der Waals surface area contributed by atoms with E-state index >= 15 is 0 Å². The first-order chi connectivity index (χ1) is 6.36. The van der Waals surface area contributed by atoms with Crippen LogP contribution in [0.3, 0.4) is 0 Å². The lowest BCUT2D eigenvalue weighted by Gasteiger charge is -2.01. The van der Waals surface area contributed by atoms with Crippen LogP contribution in [0.25, 0.3) is 0 Å². The van der Waals surface area contributed by atoms with Gasteiger partial charge in [-0.1, -0.05) is 6.92 Å². The molecular weight excluding hydrogens is 180 g/mol. The van der Waals surface area contributed by atoms with Gasteiger partial charge < -0.3 is 10.3 Å². The molecule has 0 aliphatic heterocycles. The van der Waals surface area contributed by atoms with Crippen LogP contribution in [0.2, 0.25) is 0 Å². The first kappa shape index (κ1) is 10.7. The van der Waals surface area contributed by atoms with Crippen LogP contribution in [0.5, 0.6) is 0 Å². The molecule has 0 aromatic carbocycles. The second-order valence-electron chi connectivity index (χ2n) is 3.01. The zero-order chi connectivity index (χ0) is 9.52. The van der Waals surface area contributed by atoms with Crippen LogP contribution in [0.1, 0.15) is 18.9 Å². The first-order valence-corrected chi connectivity index (χ1v) is 5.94. The van der Waals surface area contributed by atoms with Gasteiger partial charge in [0.2, 0.25) is 0 Å². The molecule has 1 aromatic rings. The molecule has 3 heteroatoms. The second-order valence-corrected chi connectivity index (χ2v) is 4.41. The van der Waals surface area contributed by atoms with E-state index in [9.17, 15) is 0 Å². The van der Waals surface area contributed by atoms with Crippen molar-refractivity contribution in [1.82, 2.24) is 4.57 Å². The zero-order valence-electron chi connectivity index (χ0n) is 8.20. The topological polar surface area (TPSA) is 30.9 Å². The van der Waals surface area contributed by atoms with Gasteiger partial charge in [0.15, 0.2) is 0 Å². The van der Waals surface area contributed by atoms with E-state index in [4.69, 9.17) is 5.73 Å². The van der Waals surface area contributed by atoms with Crippen LogP contribution in [-0.4, -0.2) is 16.1 Å². The number of hydrogen-bond donors (Lipinski definition) is 1. The van der Waals surface area contributed by atoms with E-state index in [1.165, 1.54) is 23.5 Å². The summed E-state index contributed by atoms with van der Waals surface area (Å²) in [6.45, 7) is 3.97. The molecule has 0 saturated carbocycles. The summed E-state index contributed by atoms with van der Waals surface area (Å²) in [5, 5.41) is 0. The number of nitrogens with two attached hydrogens (primary N) is 1. The van der Waals surface area contributed by atoms with Gasteiger partial charge in [0.05, 0.1) is 0 Å². The molecule has 1 heterocycles. The predicted molar refractivity (Wildman–Crippen MR) is 59.9 cm³/mol.